The zero-order chi connectivity index (χ0) is 19.5. The van der Waals surface area contributed by atoms with Crippen LogP contribution in [0.1, 0.15) is 19.1 Å². The Hall–Kier alpha value is -2.65. The van der Waals surface area contributed by atoms with E-state index in [1.54, 1.807) is 6.26 Å². The largest absolute Gasteiger partial charge is 0.469 e. The third-order valence-corrected chi connectivity index (χ3v) is 6.05. The van der Waals surface area contributed by atoms with E-state index in [2.05, 4.69) is 27.4 Å². The number of benzene rings is 1. The van der Waals surface area contributed by atoms with E-state index in [0.717, 1.165) is 45.5 Å². The SMILES string of the molecule is CCCn1c(SCC(=O)Nc2nc3ccccc3s2)nnc1-c1ccoc1C. The second kappa shape index (κ2) is 8.15. The highest BCUT2D eigenvalue weighted by atomic mass is 32.2. The molecule has 9 heteroatoms. The number of carbonyl (C=O) groups excluding carboxylic acids is 1. The van der Waals surface area contributed by atoms with E-state index in [0.29, 0.717) is 5.13 Å². The van der Waals surface area contributed by atoms with Gasteiger partial charge in [0.25, 0.3) is 0 Å². The molecular formula is C19H19N5O2S2. The molecule has 0 atom stereocenters. The number of anilines is 1. The molecule has 0 saturated heterocycles. The van der Waals surface area contributed by atoms with Crippen LogP contribution in [0.15, 0.2) is 46.2 Å². The average Bonchev–Trinajstić information content (AvgIpc) is 3.38. The molecule has 0 aliphatic rings. The minimum absolute atomic E-state index is 0.115. The van der Waals surface area contributed by atoms with E-state index in [4.69, 9.17) is 4.42 Å². The van der Waals surface area contributed by atoms with Crippen LogP contribution in [0.4, 0.5) is 5.13 Å². The molecule has 1 aromatic carbocycles. The molecule has 0 fully saturated rings. The highest BCUT2D eigenvalue weighted by molar-refractivity contribution is 7.99. The number of rotatable bonds is 7. The lowest BCUT2D eigenvalue weighted by Gasteiger charge is -2.08. The zero-order valence-corrected chi connectivity index (χ0v) is 17.1. The van der Waals surface area contributed by atoms with Crippen molar-refractivity contribution in [3.05, 3.63) is 42.4 Å². The van der Waals surface area contributed by atoms with Gasteiger partial charge in [0.15, 0.2) is 16.1 Å². The van der Waals surface area contributed by atoms with Gasteiger partial charge < -0.3 is 14.3 Å². The molecule has 28 heavy (non-hydrogen) atoms. The van der Waals surface area contributed by atoms with Gasteiger partial charge in [-0.1, -0.05) is 42.2 Å². The zero-order valence-electron chi connectivity index (χ0n) is 15.5. The molecule has 4 aromatic rings. The Balaban J connectivity index is 1.46. The van der Waals surface area contributed by atoms with E-state index in [1.807, 2.05) is 41.8 Å². The lowest BCUT2D eigenvalue weighted by atomic mass is 10.2. The third kappa shape index (κ3) is 3.81. The van der Waals surface area contributed by atoms with Gasteiger partial charge in [0.2, 0.25) is 5.91 Å². The second-order valence-electron chi connectivity index (χ2n) is 6.17. The van der Waals surface area contributed by atoms with Crippen molar-refractivity contribution in [1.82, 2.24) is 19.7 Å². The summed E-state index contributed by atoms with van der Waals surface area (Å²) < 4.78 is 8.48. The maximum atomic E-state index is 12.4. The molecule has 1 N–H and O–H groups in total. The topological polar surface area (TPSA) is 85.8 Å². The summed E-state index contributed by atoms with van der Waals surface area (Å²) in [6.07, 6.45) is 2.58. The molecule has 0 saturated carbocycles. The number of thiazole rings is 1. The van der Waals surface area contributed by atoms with Crippen LogP contribution in [0.5, 0.6) is 0 Å². The fourth-order valence-electron chi connectivity index (χ4n) is 2.85. The van der Waals surface area contributed by atoms with Crippen molar-refractivity contribution in [2.45, 2.75) is 32.0 Å². The maximum absolute atomic E-state index is 12.4. The smallest absolute Gasteiger partial charge is 0.236 e. The lowest BCUT2D eigenvalue weighted by molar-refractivity contribution is -0.113. The van der Waals surface area contributed by atoms with E-state index < -0.39 is 0 Å². The normalized spacial score (nSPS) is 11.2. The van der Waals surface area contributed by atoms with Crippen LogP contribution in [0, 0.1) is 6.92 Å². The predicted octanol–water partition coefficient (Wildman–Crippen LogP) is 4.60. The number of amides is 1. The average molecular weight is 414 g/mol. The van der Waals surface area contributed by atoms with Gasteiger partial charge in [-0.05, 0) is 31.5 Å². The van der Waals surface area contributed by atoms with Crippen LogP contribution >= 0.6 is 23.1 Å². The first-order valence-corrected chi connectivity index (χ1v) is 10.7. The number of hydrogen-bond acceptors (Lipinski definition) is 7. The van der Waals surface area contributed by atoms with Gasteiger partial charge in [0.05, 0.1) is 27.8 Å². The molecule has 0 aliphatic carbocycles. The number of carbonyl (C=O) groups is 1. The monoisotopic (exact) mass is 413 g/mol. The summed E-state index contributed by atoms with van der Waals surface area (Å²) in [7, 11) is 0. The van der Waals surface area contributed by atoms with Crippen LogP contribution in [-0.4, -0.2) is 31.4 Å². The van der Waals surface area contributed by atoms with Crippen molar-refractivity contribution in [3.63, 3.8) is 0 Å². The Morgan fingerprint density at radius 2 is 2.14 bits per heavy atom. The van der Waals surface area contributed by atoms with Crippen LogP contribution in [-0.2, 0) is 11.3 Å². The Morgan fingerprint density at radius 1 is 1.29 bits per heavy atom. The molecule has 3 heterocycles. The van der Waals surface area contributed by atoms with Crippen molar-refractivity contribution in [1.29, 1.82) is 0 Å². The quantitative estimate of drug-likeness (QED) is 0.446. The third-order valence-electron chi connectivity index (χ3n) is 4.14. The summed E-state index contributed by atoms with van der Waals surface area (Å²) >= 11 is 2.84. The highest BCUT2D eigenvalue weighted by Gasteiger charge is 2.18. The van der Waals surface area contributed by atoms with Crippen LogP contribution < -0.4 is 5.32 Å². The molecule has 0 radical (unpaired) electrons. The fourth-order valence-corrected chi connectivity index (χ4v) is 4.49. The van der Waals surface area contributed by atoms with Crippen molar-refractivity contribution in [2.75, 3.05) is 11.1 Å². The van der Waals surface area contributed by atoms with Gasteiger partial charge in [-0.3, -0.25) is 4.79 Å². The van der Waals surface area contributed by atoms with Crippen molar-refractivity contribution in [3.8, 4) is 11.4 Å². The lowest BCUT2D eigenvalue weighted by Crippen LogP contribution is -2.14. The Bertz CT molecular complexity index is 1080. The molecule has 0 aliphatic heterocycles. The number of fused-ring (bicyclic) bond motifs is 1. The summed E-state index contributed by atoms with van der Waals surface area (Å²) in [6, 6.07) is 9.71. The Morgan fingerprint density at radius 3 is 2.89 bits per heavy atom. The molecule has 3 aromatic heterocycles. The summed E-state index contributed by atoms with van der Waals surface area (Å²) in [4.78, 5) is 16.8. The van der Waals surface area contributed by atoms with Gasteiger partial charge in [-0.15, -0.1) is 10.2 Å². The Kier molecular flexibility index (Phi) is 5.45. The molecule has 7 nitrogen and oxygen atoms in total. The summed E-state index contributed by atoms with van der Waals surface area (Å²) in [5.74, 6) is 1.69. The number of hydrogen-bond donors (Lipinski definition) is 1. The van der Waals surface area contributed by atoms with E-state index in [1.165, 1.54) is 23.1 Å². The number of aryl methyl sites for hydroxylation is 1. The van der Waals surface area contributed by atoms with E-state index in [9.17, 15) is 4.79 Å². The number of nitrogens with one attached hydrogen (secondary N) is 1. The maximum Gasteiger partial charge on any atom is 0.236 e. The highest BCUT2D eigenvalue weighted by Crippen LogP contribution is 2.28. The first-order chi connectivity index (χ1) is 13.7. The summed E-state index contributed by atoms with van der Waals surface area (Å²) in [5.41, 5.74) is 1.81. The molecule has 4 rings (SSSR count). The van der Waals surface area contributed by atoms with E-state index in [-0.39, 0.29) is 11.7 Å². The standard InChI is InChI=1S/C19H19N5O2S2/c1-3-9-24-17(13-8-10-26-12(13)2)22-23-19(24)27-11-16(25)21-18-20-14-6-4-5-7-15(14)28-18/h4-8,10H,3,9,11H2,1-2H3,(H,20,21,25). The molecule has 0 bridgehead atoms. The molecular weight excluding hydrogens is 394 g/mol. The van der Waals surface area contributed by atoms with Crippen molar-refractivity contribution >= 4 is 44.4 Å². The minimum atomic E-state index is -0.115. The first kappa shape index (κ1) is 18.7. The number of nitrogens with zero attached hydrogens (tertiary/aromatic N) is 4. The molecule has 0 unspecified atom stereocenters. The van der Waals surface area contributed by atoms with Gasteiger partial charge in [0, 0.05) is 6.54 Å². The molecule has 144 valence electrons. The van der Waals surface area contributed by atoms with Crippen molar-refractivity contribution < 1.29 is 9.21 Å². The molecule has 0 spiro atoms. The predicted molar refractivity (Wildman–Crippen MR) is 112 cm³/mol. The van der Waals surface area contributed by atoms with Gasteiger partial charge in [-0.2, -0.15) is 0 Å². The Labute approximate surface area is 170 Å². The van der Waals surface area contributed by atoms with Gasteiger partial charge in [0.1, 0.15) is 5.76 Å². The van der Waals surface area contributed by atoms with Crippen LogP contribution in [0.3, 0.4) is 0 Å². The number of para-hydroxylation sites is 1. The fraction of sp³-hybridized carbons (Fsp3) is 0.263. The minimum Gasteiger partial charge on any atom is -0.469 e. The first-order valence-electron chi connectivity index (χ1n) is 8.91. The number of furan rings is 1. The number of aromatic nitrogens is 4. The van der Waals surface area contributed by atoms with Crippen LogP contribution in [0.25, 0.3) is 21.6 Å². The molecule has 1 amide bonds. The van der Waals surface area contributed by atoms with Crippen LogP contribution in [0.2, 0.25) is 0 Å². The second-order valence-corrected chi connectivity index (χ2v) is 8.15. The van der Waals surface area contributed by atoms with E-state index >= 15 is 0 Å². The summed E-state index contributed by atoms with van der Waals surface area (Å²) in [6.45, 7) is 4.77. The van der Waals surface area contributed by atoms with Gasteiger partial charge in [-0.25, -0.2) is 4.98 Å². The van der Waals surface area contributed by atoms with Gasteiger partial charge >= 0.3 is 0 Å². The summed E-state index contributed by atoms with van der Waals surface area (Å²) in [5, 5.41) is 12.8. The number of thioether (sulfide) groups is 1. The van der Waals surface area contributed by atoms with Crippen molar-refractivity contribution in [2.24, 2.45) is 0 Å².